The van der Waals surface area contributed by atoms with Gasteiger partial charge in [0.1, 0.15) is 29.5 Å². The van der Waals surface area contributed by atoms with Crippen LogP contribution in [0.25, 0.3) is 0 Å². The number of esters is 4. The van der Waals surface area contributed by atoms with Crippen molar-refractivity contribution >= 4 is 35.8 Å². The summed E-state index contributed by atoms with van der Waals surface area (Å²) in [5.74, 6) is -6.16. The molecule has 4 N–H and O–H groups in total. The summed E-state index contributed by atoms with van der Waals surface area (Å²) < 4.78 is 35.6. The van der Waals surface area contributed by atoms with Gasteiger partial charge in [0, 0.05) is 31.6 Å². The van der Waals surface area contributed by atoms with Crippen LogP contribution < -0.4 is 5.32 Å². The van der Waals surface area contributed by atoms with E-state index in [0.717, 1.165) is 6.92 Å². The second-order valence-corrected chi connectivity index (χ2v) is 18.3. The van der Waals surface area contributed by atoms with Crippen molar-refractivity contribution in [1.29, 1.82) is 0 Å². The van der Waals surface area contributed by atoms with Gasteiger partial charge in [0.05, 0.1) is 35.6 Å². The number of aliphatic hydroxyl groups is 3. The summed E-state index contributed by atoms with van der Waals surface area (Å²) in [6, 6.07) is 6.49. The largest absolute Gasteiger partial charge is 0.456 e. The zero-order chi connectivity index (χ0) is 44.9. The van der Waals surface area contributed by atoms with E-state index in [0.29, 0.717) is 5.57 Å². The fourth-order valence-electron chi connectivity index (χ4n) is 9.44. The minimum Gasteiger partial charge on any atom is -0.456 e. The lowest BCUT2D eigenvalue weighted by Crippen LogP contribution is -2.82. The number of hydrogen-bond donors (Lipinski definition) is 4. The molecule has 11 atom stereocenters. The Balaban J connectivity index is 1.74. The molecule has 0 spiro atoms. The smallest absolute Gasteiger partial charge is 0.408 e. The van der Waals surface area contributed by atoms with Gasteiger partial charge in [-0.05, 0) is 71.7 Å². The van der Waals surface area contributed by atoms with E-state index in [2.05, 4.69) is 5.32 Å². The molecule has 60 heavy (non-hydrogen) atoms. The third-order valence-electron chi connectivity index (χ3n) is 12.5. The topological polar surface area (TPSA) is 231 Å². The van der Waals surface area contributed by atoms with Crippen LogP contribution in [0, 0.1) is 16.7 Å². The maximum absolute atomic E-state index is 15.5. The molecular formula is C44H59NO15. The maximum atomic E-state index is 15.5. The Labute approximate surface area is 349 Å². The molecule has 0 aromatic heterocycles. The van der Waals surface area contributed by atoms with E-state index >= 15 is 4.79 Å². The number of alkyl carbamates (subject to hydrolysis) is 1. The summed E-state index contributed by atoms with van der Waals surface area (Å²) in [4.78, 5) is 82.8. The molecule has 1 heterocycles. The zero-order valence-corrected chi connectivity index (χ0v) is 36.2. The average molecular weight is 842 g/mol. The number of aliphatic hydroxyl groups excluding tert-OH is 2. The van der Waals surface area contributed by atoms with Crippen LogP contribution in [0.3, 0.4) is 0 Å². The Hall–Kier alpha value is -4.64. The monoisotopic (exact) mass is 841 g/mol. The molecule has 4 aliphatic rings. The van der Waals surface area contributed by atoms with E-state index in [1.807, 2.05) is 0 Å². The van der Waals surface area contributed by atoms with Gasteiger partial charge in [-0.15, -0.1) is 0 Å². The lowest BCUT2D eigenvalue weighted by molar-refractivity contribution is -0.346. The van der Waals surface area contributed by atoms with E-state index < -0.39 is 118 Å². The van der Waals surface area contributed by atoms with Crippen LogP contribution in [0.5, 0.6) is 0 Å². The van der Waals surface area contributed by atoms with Crippen LogP contribution >= 0.6 is 0 Å². The molecule has 330 valence electrons. The van der Waals surface area contributed by atoms with Crippen molar-refractivity contribution in [2.24, 2.45) is 16.7 Å². The number of carbonyl (C=O) groups excluding carboxylic acids is 6. The highest BCUT2D eigenvalue weighted by Gasteiger charge is 2.78. The number of nitrogens with one attached hydrogen (secondary N) is 1. The molecule has 2 bridgehead atoms. The van der Waals surface area contributed by atoms with Gasteiger partial charge >= 0.3 is 30.0 Å². The second-order valence-electron chi connectivity index (χ2n) is 18.3. The third-order valence-corrected chi connectivity index (χ3v) is 12.5. The molecule has 16 nitrogen and oxygen atoms in total. The SMILES string of the molecule is CCC(=O)O[C@H]1C(=O)[C@@]2(C)C([C@H](OC(=O)c3ccccc3)[C@]3(O)C[C@H](OC(=O)[C@H](O)[C@H](C=C(C)C)NC(=O)OC(C)(C)C)C(C)=C1C3(C)C)[C@]1(OC(C)=O)CO[C@@H]1C[C@@H]2O. The fraction of sp³-hybridized carbons (Fsp3) is 0.636. The Kier molecular flexibility index (Phi) is 12.9. The lowest BCUT2D eigenvalue weighted by Gasteiger charge is -2.67. The summed E-state index contributed by atoms with van der Waals surface area (Å²) in [5, 5.41) is 39.6. The highest BCUT2D eigenvalue weighted by atomic mass is 16.6. The number of ether oxygens (including phenoxy) is 6. The summed E-state index contributed by atoms with van der Waals surface area (Å²) in [6.45, 7) is 16.7. The standard InChI is InChI=1S/C44H59NO15/c1-12-30(48)57-33-31-23(4)27(56-38(52)32(49)26(18-22(2)3)45-39(53)60-40(6,7)8)20-44(54,41(31,9)10)36(58-37(51)25-16-14-13-15-17-25)34-42(11,35(33)50)28(47)19-29-43(34,21-55-29)59-24(5)46/h13-18,26-29,32-34,36,47,49,54H,12,19-21H2,1-11H3,(H,45,53)/t26-,27-,28-,29+,32+,33+,34?,36-,42+,43-,44+/m0/s1. The first kappa shape index (κ1) is 46.4. The second kappa shape index (κ2) is 16.7. The van der Waals surface area contributed by atoms with Crippen molar-refractivity contribution in [3.05, 3.63) is 58.7 Å². The Morgan fingerprint density at radius 1 is 1.02 bits per heavy atom. The number of rotatable bonds is 10. The van der Waals surface area contributed by atoms with E-state index in [1.54, 1.807) is 66.7 Å². The molecule has 2 saturated carbocycles. The number of Topliss-reactive ketones (excluding diaryl/α,β-unsaturated/α-hetero) is 1. The van der Waals surface area contributed by atoms with Crippen LogP contribution in [-0.4, -0.2) is 117 Å². The number of hydrogen-bond acceptors (Lipinski definition) is 15. The minimum atomic E-state index is -2.38. The normalized spacial score (nSPS) is 32.8. The third kappa shape index (κ3) is 8.23. The number of ketones is 1. The molecule has 0 radical (unpaired) electrons. The Bertz CT molecular complexity index is 1950. The van der Waals surface area contributed by atoms with E-state index in [9.17, 15) is 39.3 Å². The number of allylic oxidation sites excluding steroid dienone is 1. The van der Waals surface area contributed by atoms with Crippen molar-refractivity contribution in [3.63, 3.8) is 0 Å². The summed E-state index contributed by atoms with van der Waals surface area (Å²) >= 11 is 0. The number of carbonyl (C=O) groups is 6. The molecule has 3 fully saturated rings. The Morgan fingerprint density at radius 3 is 2.18 bits per heavy atom. The van der Waals surface area contributed by atoms with Gasteiger partial charge in [-0.25, -0.2) is 14.4 Å². The predicted molar refractivity (Wildman–Crippen MR) is 212 cm³/mol. The Morgan fingerprint density at radius 2 is 1.65 bits per heavy atom. The molecular weight excluding hydrogens is 782 g/mol. The first-order chi connectivity index (χ1) is 27.7. The maximum Gasteiger partial charge on any atom is 0.408 e. The quantitative estimate of drug-likeness (QED) is 0.149. The molecule has 1 unspecified atom stereocenters. The average Bonchev–Trinajstić information content (AvgIpc) is 3.14. The zero-order valence-electron chi connectivity index (χ0n) is 36.2. The molecule has 1 aromatic carbocycles. The molecule has 1 saturated heterocycles. The number of fused-ring (bicyclic) bond motifs is 5. The first-order valence-electron chi connectivity index (χ1n) is 20.2. The van der Waals surface area contributed by atoms with Crippen molar-refractivity contribution in [2.75, 3.05) is 6.61 Å². The lowest BCUT2D eigenvalue weighted by atomic mass is 9.44. The molecule has 16 heteroatoms. The van der Waals surface area contributed by atoms with Gasteiger partial charge in [-0.2, -0.15) is 0 Å². The van der Waals surface area contributed by atoms with Gasteiger partial charge in [0.25, 0.3) is 0 Å². The molecule has 5 rings (SSSR count). The molecule has 1 aliphatic heterocycles. The van der Waals surface area contributed by atoms with Gasteiger partial charge in [0.2, 0.25) is 0 Å². The van der Waals surface area contributed by atoms with E-state index in [-0.39, 0.29) is 36.2 Å². The van der Waals surface area contributed by atoms with Gasteiger partial charge in [0.15, 0.2) is 23.6 Å². The van der Waals surface area contributed by atoms with Crippen LogP contribution in [-0.2, 0) is 47.6 Å². The summed E-state index contributed by atoms with van der Waals surface area (Å²) in [7, 11) is 0. The van der Waals surface area contributed by atoms with Crippen LogP contribution in [0.1, 0.15) is 106 Å². The van der Waals surface area contributed by atoms with Gasteiger partial charge < -0.3 is 49.1 Å². The fourth-order valence-corrected chi connectivity index (χ4v) is 9.44. The number of amides is 1. The van der Waals surface area contributed by atoms with Crippen molar-refractivity contribution in [3.8, 4) is 0 Å². The van der Waals surface area contributed by atoms with Crippen molar-refractivity contribution in [2.45, 2.75) is 155 Å². The van der Waals surface area contributed by atoms with Crippen LogP contribution in [0.4, 0.5) is 4.79 Å². The summed E-state index contributed by atoms with van der Waals surface area (Å²) in [6.07, 6.45) is -10.1. The van der Waals surface area contributed by atoms with Crippen LogP contribution in [0.15, 0.2) is 53.1 Å². The van der Waals surface area contributed by atoms with Gasteiger partial charge in [-0.1, -0.05) is 50.6 Å². The van der Waals surface area contributed by atoms with E-state index in [4.69, 9.17) is 28.4 Å². The molecule has 1 amide bonds. The van der Waals surface area contributed by atoms with Crippen molar-refractivity contribution in [1.82, 2.24) is 5.32 Å². The first-order valence-corrected chi connectivity index (χ1v) is 20.2. The van der Waals surface area contributed by atoms with Crippen molar-refractivity contribution < 1.29 is 72.5 Å². The van der Waals surface area contributed by atoms with Crippen LogP contribution in [0.2, 0.25) is 0 Å². The molecule has 3 aliphatic carbocycles. The van der Waals surface area contributed by atoms with Gasteiger partial charge in [-0.3, -0.25) is 14.4 Å². The number of benzene rings is 1. The molecule has 1 aromatic rings. The predicted octanol–water partition coefficient (Wildman–Crippen LogP) is 3.81. The summed E-state index contributed by atoms with van der Waals surface area (Å²) in [5.41, 5.74) is -7.90. The highest BCUT2D eigenvalue weighted by molar-refractivity contribution is 5.95. The van der Waals surface area contributed by atoms with E-state index in [1.165, 1.54) is 39.0 Å². The minimum absolute atomic E-state index is 0.00391. The highest BCUT2D eigenvalue weighted by Crippen LogP contribution is 2.64.